The average molecular weight is 901 g/mol. The van der Waals surface area contributed by atoms with E-state index in [9.17, 15) is 0 Å². The number of rotatable bonds is 7. The molecule has 2 fully saturated rings. The zero-order valence-electron chi connectivity index (χ0n) is 32.9. The van der Waals surface area contributed by atoms with Gasteiger partial charge in [-0.25, -0.2) is 16.8 Å². The van der Waals surface area contributed by atoms with Crippen LogP contribution in [-0.2, 0) is 40.7 Å². The van der Waals surface area contributed by atoms with E-state index >= 15 is 0 Å². The van der Waals surface area contributed by atoms with Gasteiger partial charge in [0.05, 0.1) is 20.2 Å². The van der Waals surface area contributed by atoms with Crippen LogP contribution in [0.5, 0.6) is 0 Å². The van der Waals surface area contributed by atoms with E-state index in [1.807, 2.05) is 48.5 Å². The number of nitrogen functional groups attached to an aromatic ring is 1. The van der Waals surface area contributed by atoms with Crippen molar-refractivity contribution in [2.24, 2.45) is 0 Å². The summed E-state index contributed by atoms with van der Waals surface area (Å²) in [5.74, 6) is 0. The Morgan fingerprint density at radius 2 is 1.04 bits per heavy atom. The fraction of sp³-hybridized carbons (Fsp3) is 0.429. The van der Waals surface area contributed by atoms with Gasteiger partial charge >= 0.3 is 20.4 Å². The number of nitrogens with zero attached hydrogens (tertiary/aromatic N) is 2. The predicted octanol–water partition coefficient (Wildman–Crippen LogP) is 8.31. The second kappa shape index (κ2) is 23.4. The summed E-state index contributed by atoms with van der Waals surface area (Å²) in [4.78, 5) is 4.59. The van der Waals surface area contributed by atoms with Crippen molar-refractivity contribution < 1.29 is 46.4 Å². The van der Waals surface area contributed by atoms with Crippen molar-refractivity contribution in [3.8, 4) is 22.3 Å². The minimum atomic E-state index is -3.92. The molecule has 0 atom stereocenters. The Balaban J connectivity index is 0.000000357. The van der Waals surface area contributed by atoms with Crippen LogP contribution in [0, 0.1) is 6.07 Å². The Kier molecular flexibility index (Phi) is 20.6. The smallest absolute Gasteiger partial charge is 0.748 e. The maximum absolute atomic E-state index is 9.08. The molecular weight excluding hydrogens is 844 g/mol. The van der Waals surface area contributed by atoms with Gasteiger partial charge in [0.25, 0.3) is 0 Å². The molecule has 0 bridgehead atoms. The molecule has 0 amide bonds. The van der Waals surface area contributed by atoms with Gasteiger partial charge < -0.3 is 24.6 Å². The van der Waals surface area contributed by atoms with E-state index in [1.165, 1.54) is 86.7 Å². The van der Waals surface area contributed by atoms with Crippen molar-refractivity contribution in [3.05, 3.63) is 97.1 Å². The molecule has 0 saturated heterocycles. The first-order valence-corrected chi connectivity index (χ1v) is 23.6. The van der Waals surface area contributed by atoms with Gasteiger partial charge in [0.15, 0.2) is 0 Å². The van der Waals surface area contributed by atoms with E-state index in [0.717, 1.165) is 28.1 Å². The van der Waals surface area contributed by atoms with E-state index in [0.29, 0.717) is 12.5 Å². The summed E-state index contributed by atoms with van der Waals surface area (Å²) in [6.07, 6.45) is 15.7. The fourth-order valence-corrected chi connectivity index (χ4v) is 11.1. The predicted molar refractivity (Wildman–Crippen MR) is 227 cm³/mol. The monoisotopic (exact) mass is 900 g/mol. The van der Waals surface area contributed by atoms with Crippen LogP contribution in [-0.4, -0.2) is 78.0 Å². The number of hydrogen-bond acceptors (Lipinski definition) is 9. The molecule has 4 aromatic carbocycles. The normalized spacial score (nSPS) is 14.8. The molecule has 2 N–H and O–H groups in total. The first-order valence-electron chi connectivity index (χ1n) is 18.4. The van der Waals surface area contributed by atoms with E-state index in [-0.39, 0.29) is 28.3 Å². The van der Waals surface area contributed by atoms with Gasteiger partial charge in [0, 0.05) is 57.6 Å². The molecule has 2 aliphatic carbocycles. The zero-order chi connectivity index (χ0) is 39.9. The summed E-state index contributed by atoms with van der Waals surface area (Å²) in [5.41, 5.74) is 16.1. The molecule has 2 saturated carbocycles. The molecular formula is C42H57N3O6PPdS2-. The third-order valence-electron chi connectivity index (χ3n) is 9.33. The average Bonchev–Trinajstić information content (AvgIpc) is 3.12. The van der Waals surface area contributed by atoms with Crippen LogP contribution in [0.25, 0.3) is 22.3 Å². The Morgan fingerprint density at radius 1 is 0.618 bits per heavy atom. The largest absolute Gasteiger partial charge is 2.00 e. The summed E-state index contributed by atoms with van der Waals surface area (Å²) in [6.45, 7) is 0. The Morgan fingerprint density at radius 3 is 1.45 bits per heavy atom. The van der Waals surface area contributed by atoms with Crippen LogP contribution in [0.2, 0.25) is 0 Å². The van der Waals surface area contributed by atoms with Crippen molar-refractivity contribution in [1.29, 1.82) is 0 Å². The second-order valence-corrected chi connectivity index (χ2v) is 19.8. The minimum Gasteiger partial charge on any atom is -0.748 e. The molecule has 304 valence electrons. The Bertz CT molecular complexity index is 1860. The summed E-state index contributed by atoms with van der Waals surface area (Å²) in [6, 6.07) is 35.1. The molecule has 0 unspecified atom stereocenters. The third kappa shape index (κ3) is 17.1. The maximum atomic E-state index is 9.08. The van der Waals surface area contributed by atoms with Crippen LogP contribution >= 0.6 is 7.92 Å². The van der Waals surface area contributed by atoms with Crippen LogP contribution in [0.4, 0.5) is 17.1 Å². The van der Waals surface area contributed by atoms with Gasteiger partial charge in [-0.05, 0) is 71.8 Å². The first kappa shape index (κ1) is 48.3. The van der Waals surface area contributed by atoms with Crippen LogP contribution in [0.3, 0.4) is 0 Å². The Hall–Kier alpha value is -2.81. The first-order chi connectivity index (χ1) is 25.5. The molecule has 0 heterocycles. The van der Waals surface area contributed by atoms with Gasteiger partial charge in [0.1, 0.15) is 0 Å². The van der Waals surface area contributed by atoms with Crippen LogP contribution in [0.1, 0.15) is 64.2 Å². The molecule has 9 nitrogen and oxygen atoms in total. The second-order valence-electron chi connectivity index (χ2n) is 14.2. The maximum Gasteiger partial charge on any atom is 2.00 e. The third-order valence-corrected chi connectivity index (χ3v) is 12.9. The molecule has 4 aromatic rings. The molecule has 2 aliphatic rings. The van der Waals surface area contributed by atoms with Crippen LogP contribution < -0.4 is 20.8 Å². The van der Waals surface area contributed by atoms with Gasteiger partial charge in [-0.3, -0.25) is 0 Å². The SMILES string of the molecule is CN(C)c1cccc(N(C)C)c1-c1ccccc1P(C1CCCCC1)C1CCCCC1.CS(=O)(=O)[O-].CS(=O)(=O)[O-].Nc1ccccc1-c1[c-]cccc1.[Pd+2]. The Labute approximate surface area is 346 Å². The van der Waals surface area contributed by atoms with Gasteiger partial charge in [-0.15, -0.1) is 35.9 Å². The summed E-state index contributed by atoms with van der Waals surface area (Å²) in [7, 11) is 0.776. The standard InChI is InChI=1S/C28H41N2P.C12H10N.2CH4O3S.Pd/c1-29(2)25-19-13-20-26(30(3)4)28(25)24-18-11-12-21-27(24)31(22-14-7-5-8-15-22)23-16-9-6-10-17-23;13-12-9-5-4-8-11(12)10-6-2-1-3-7-10;2*1-5(2,3)4;/h11-13,18-23H,5-10,14-17H2,1-4H3;1-6,8-9H,13H2;2*1H3,(H,2,3,4);/q;-1;;;+2/p-2. The van der Waals surface area contributed by atoms with E-state index in [4.69, 9.17) is 31.7 Å². The molecule has 0 radical (unpaired) electrons. The van der Waals surface area contributed by atoms with Crippen molar-refractivity contribution in [3.63, 3.8) is 0 Å². The van der Waals surface area contributed by atoms with Crippen molar-refractivity contribution in [2.75, 3.05) is 56.2 Å². The van der Waals surface area contributed by atoms with E-state index in [1.54, 1.807) is 5.30 Å². The quantitative estimate of drug-likeness (QED) is 0.0636. The number of nitrogens with two attached hydrogens (primary N) is 1. The molecule has 0 spiro atoms. The van der Waals surface area contributed by atoms with Crippen molar-refractivity contribution in [1.82, 2.24) is 0 Å². The number of hydrogen-bond donors (Lipinski definition) is 1. The number of benzene rings is 4. The molecule has 0 aliphatic heterocycles. The van der Waals surface area contributed by atoms with E-state index < -0.39 is 20.2 Å². The van der Waals surface area contributed by atoms with Gasteiger partial charge in [-0.1, -0.05) is 101 Å². The van der Waals surface area contributed by atoms with Crippen molar-refractivity contribution >= 4 is 50.5 Å². The topological polar surface area (TPSA) is 147 Å². The fourth-order valence-electron chi connectivity index (χ4n) is 7.17. The molecule has 13 heteroatoms. The molecule has 0 aromatic heterocycles. The van der Waals surface area contributed by atoms with Crippen LogP contribution in [0.15, 0.2) is 91.0 Å². The van der Waals surface area contributed by atoms with E-state index in [2.05, 4.69) is 86.5 Å². The minimum absolute atomic E-state index is 0. The van der Waals surface area contributed by atoms with Crippen molar-refractivity contribution in [2.45, 2.75) is 75.5 Å². The molecule has 55 heavy (non-hydrogen) atoms. The summed E-state index contributed by atoms with van der Waals surface area (Å²) in [5, 5.41) is 1.69. The van der Waals surface area contributed by atoms with Gasteiger partial charge in [-0.2, -0.15) is 0 Å². The van der Waals surface area contributed by atoms with Gasteiger partial charge in [0.2, 0.25) is 0 Å². The summed E-state index contributed by atoms with van der Waals surface area (Å²) < 4.78 is 54.5. The summed E-state index contributed by atoms with van der Waals surface area (Å²) >= 11 is 0. The molecule has 6 rings (SSSR count). The number of anilines is 3. The zero-order valence-corrected chi connectivity index (χ0v) is 37.0. The number of para-hydroxylation sites is 1.